The number of rotatable bonds is 5. The Bertz CT molecular complexity index is 478. The minimum absolute atomic E-state index is 0.0235. The first kappa shape index (κ1) is 18.5. The molecule has 4 heteroatoms. The average Bonchev–Trinajstić information content (AvgIpc) is 2.91. The second-order valence-corrected chi connectivity index (χ2v) is 7.89. The molecule has 2 N–H and O–H groups in total. The van der Waals surface area contributed by atoms with Gasteiger partial charge in [-0.3, -0.25) is 4.90 Å². The molecule has 0 saturated heterocycles. The van der Waals surface area contributed by atoms with Crippen LogP contribution in [0, 0.1) is 0 Å². The normalized spacial score (nSPS) is 25.9. The quantitative estimate of drug-likeness (QED) is 0.581. The Kier molecular flexibility index (Phi) is 7.40. The molecule has 1 unspecified atom stereocenters. The molecule has 0 aromatic rings. The Balaban J connectivity index is 1.35. The molecular weight excluding hydrogens is 310 g/mol. The molecule has 1 fully saturated rings. The summed E-state index contributed by atoms with van der Waals surface area (Å²) in [6.45, 7) is 2.99. The largest absolute Gasteiger partial charge is 0.338 e. The standard InChI is InChI=1S/C21H35N3O/c25-21(23-19-10-4-1-2-5-11-19)22-15-14-18-9-8-16-24(17-18)20-12-6-3-7-13-20/h6,9,12,19-20H,1-5,7-8,10-11,13-17H2,(H2,22,23,25). The SMILES string of the molecule is O=C(NCCC1=CCCN(C2C=CCCC2)C1)NC1CCCCCC1. The molecule has 1 saturated carbocycles. The van der Waals surface area contributed by atoms with Crippen molar-refractivity contribution in [1.82, 2.24) is 15.5 Å². The number of nitrogens with zero attached hydrogens (tertiary/aromatic N) is 1. The van der Waals surface area contributed by atoms with Crippen LogP contribution in [-0.2, 0) is 0 Å². The van der Waals surface area contributed by atoms with E-state index in [-0.39, 0.29) is 6.03 Å². The van der Waals surface area contributed by atoms with Gasteiger partial charge in [0.25, 0.3) is 0 Å². The summed E-state index contributed by atoms with van der Waals surface area (Å²) in [6, 6.07) is 1.03. The molecule has 140 valence electrons. The maximum absolute atomic E-state index is 12.1. The average molecular weight is 346 g/mol. The molecule has 3 aliphatic rings. The topological polar surface area (TPSA) is 44.4 Å². The van der Waals surface area contributed by atoms with Crippen LogP contribution in [0.3, 0.4) is 0 Å². The van der Waals surface area contributed by atoms with E-state index in [9.17, 15) is 4.79 Å². The van der Waals surface area contributed by atoms with Gasteiger partial charge < -0.3 is 10.6 Å². The molecule has 2 aliphatic carbocycles. The Labute approximate surface area is 153 Å². The molecule has 3 rings (SSSR count). The molecule has 1 heterocycles. The predicted molar refractivity (Wildman–Crippen MR) is 104 cm³/mol. The van der Waals surface area contributed by atoms with E-state index in [1.54, 1.807) is 0 Å². The van der Waals surface area contributed by atoms with Crippen molar-refractivity contribution in [3.63, 3.8) is 0 Å². The molecule has 1 atom stereocenters. The zero-order valence-corrected chi connectivity index (χ0v) is 15.6. The number of urea groups is 1. The van der Waals surface area contributed by atoms with Crippen molar-refractivity contribution < 1.29 is 4.79 Å². The summed E-state index contributed by atoms with van der Waals surface area (Å²) in [5.74, 6) is 0. The first-order chi connectivity index (χ1) is 12.3. The fourth-order valence-corrected chi connectivity index (χ4v) is 4.40. The lowest BCUT2D eigenvalue weighted by molar-refractivity contribution is 0.223. The highest BCUT2D eigenvalue weighted by Crippen LogP contribution is 2.22. The fourth-order valence-electron chi connectivity index (χ4n) is 4.40. The van der Waals surface area contributed by atoms with E-state index < -0.39 is 0 Å². The molecule has 0 radical (unpaired) electrons. The highest BCUT2D eigenvalue weighted by Gasteiger charge is 2.21. The third kappa shape index (κ3) is 6.18. The van der Waals surface area contributed by atoms with Crippen molar-refractivity contribution in [2.24, 2.45) is 0 Å². The van der Waals surface area contributed by atoms with Crippen molar-refractivity contribution in [3.05, 3.63) is 23.8 Å². The third-order valence-electron chi connectivity index (χ3n) is 5.88. The van der Waals surface area contributed by atoms with E-state index >= 15 is 0 Å². The second kappa shape index (κ2) is 10.0. The molecule has 25 heavy (non-hydrogen) atoms. The van der Waals surface area contributed by atoms with E-state index in [1.165, 1.54) is 57.1 Å². The summed E-state index contributed by atoms with van der Waals surface area (Å²) >= 11 is 0. The zero-order valence-electron chi connectivity index (χ0n) is 15.6. The summed E-state index contributed by atoms with van der Waals surface area (Å²) in [5.41, 5.74) is 1.49. The van der Waals surface area contributed by atoms with E-state index in [0.717, 1.165) is 38.8 Å². The van der Waals surface area contributed by atoms with Gasteiger partial charge in [0.05, 0.1) is 0 Å². The van der Waals surface area contributed by atoms with Gasteiger partial charge in [0, 0.05) is 31.7 Å². The van der Waals surface area contributed by atoms with Crippen molar-refractivity contribution in [3.8, 4) is 0 Å². The van der Waals surface area contributed by atoms with Gasteiger partial charge in [0.2, 0.25) is 0 Å². The third-order valence-corrected chi connectivity index (χ3v) is 5.88. The number of carbonyl (C=O) groups is 1. The summed E-state index contributed by atoms with van der Waals surface area (Å²) in [7, 11) is 0. The van der Waals surface area contributed by atoms with E-state index in [0.29, 0.717) is 12.1 Å². The summed E-state index contributed by atoms with van der Waals surface area (Å²) < 4.78 is 0. The fraction of sp³-hybridized carbons (Fsp3) is 0.762. The lowest BCUT2D eigenvalue weighted by Gasteiger charge is -2.34. The van der Waals surface area contributed by atoms with Gasteiger partial charge in [-0.05, 0) is 44.9 Å². The van der Waals surface area contributed by atoms with Crippen LogP contribution in [0.2, 0.25) is 0 Å². The minimum Gasteiger partial charge on any atom is -0.338 e. The van der Waals surface area contributed by atoms with E-state index in [4.69, 9.17) is 0 Å². The van der Waals surface area contributed by atoms with Crippen molar-refractivity contribution >= 4 is 6.03 Å². The van der Waals surface area contributed by atoms with Crippen molar-refractivity contribution in [1.29, 1.82) is 0 Å². The van der Waals surface area contributed by atoms with Gasteiger partial charge in [0.1, 0.15) is 0 Å². The van der Waals surface area contributed by atoms with Gasteiger partial charge in [-0.1, -0.05) is 49.5 Å². The number of allylic oxidation sites excluding steroid dienone is 1. The monoisotopic (exact) mass is 345 g/mol. The maximum Gasteiger partial charge on any atom is 0.315 e. The minimum atomic E-state index is 0.0235. The molecule has 4 nitrogen and oxygen atoms in total. The zero-order chi connectivity index (χ0) is 17.3. The molecule has 0 aromatic heterocycles. The van der Waals surface area contributed by atoms with Crippen molar-refractivity contribution in [2.45, 2.75) is 82.7 Å². The van der Waals surface area contributed by atoms with Gasteiger partial charge in [-0.15, -0.1) is 0 Å². The molecule has 0 bridgehead atoms. The lowest BCUT2D eigenvalue weighted by atomic mass is 9.98. The maximum atomic E-state index is 12.1. The summed E-state index contributed by atoms with van der Waals surface area (Å²) in [5, 5.41) is 6.24. The number of carbonyl (C=O) groups excluding carboxylic acids is 1. The second-order valence-electron chi connectivity index (χ2n) is 7.89. The molecular formula is C21H35N3O. The van der Waals surface area contributed by atoms with Crippen LogP contribution in [0.25, 0.3) is 0 Å². The van der Waals surface area contributed by atoms with Crippen molar-refractivity contribution in [2.75, 3.05) is 19.6 Å². The Morgan fingerprint density at radius 3 is 2.68 bits per heavy atom. The predicted octanol–water partition coefficient (Wildman–Crippen LogP) is 4.14. The van der Waals surface area contributed by atoms with Gasteiger partial charge in [-0.2, -0.15) is 0 Å². The number of nitrogens with one attached hydrogen (secondary N) is 2. The Morgan fingerprint density at radius 2 is 1.92 bits per heavy atom. The summed E-state index contributed by atoms with van der Waals surface area (Å²) in [4.78, 5) is 14.7. The summed E-state index contributed by atoms with van der Waals surface area (Å²) in [6.07, 6.45) is 20.5. The molecule has 0 aromatic carbocycles. The van der Waals surface area contributed by atoms with Crippen LogP contribution in [0.4, 0.5) is 4.79 Å². The van der Waals surface area contributed by atoms with Gasteiger partial charge >= 0.3 is 6.03 Å². The van der Waals surface area contributed by atoms with Crippen LogP contribution >= 0.6 is 0 Å². The number of hydrogen-bond acceptors (Lipinski definition) is 2. The first-order valence-electron chi connectivity index (χ1n) is 10.4. The molecule has 2 amide bonds. The molecule has 0 spiro atoms. The van der Waals surface area contributed by atoms with E-state index in [1.807, 2.05) is 0 Å². The highest BCUT2D eigenvalue weighted by molar-refractivity contribution is 5.74. The number of hydrogen-bond donors (Lipinski definition) is 2. The van der Waals surface area contributed by atoms with E-state index in [2.05, 4.69) is 33.8 Å². The smallest absolute Gasteiger partial charge is 0.315 e. The lowest BCUT2D eigenvalue weighted by Crippen LogP contribution is -2.43. The Hall–Kier alpha value is -1.29. The molecule has 1 aliphatic heterocycles. The van der Waals surface area contributed by atoms with Crippen LogP contribution in [0.15, 0.2) is 23.8 Å². The number of amides is 2. The van der Waals surface area contributed by atoms with Crippen LogP contribution in [0.1, 0.15) is 70.6 Å². The van der Waals surface area contributed by atoms with Crippen LogP contribution < -0.4 is 10.6 Å². The first-order valence-corrected chi connectivity index (χ1v) is 10.4. The van der Waals surface area contributed by atoms with Gasteiger partial charge in [0.15, 0.2) is 0 Å². The highest BCUT2D eigenvalue weighted by atomic mass is 16.2. The van der Waals surface area contributed by atoms with Crippen LogP contribution in [0.5, 0.6) is 0 Å². The Morgan fingerprint density at radius 1 is 1.08 bits per heavy atom. The van der Waals surface area contributed by atoms with Gasteiger partial charge in [-0.25, -0.2) is 4.79 Å². The van der Waals surface area contributed by atoms with Crippen LogP contribution in [-0.4, -0.2) is 42.6 Å².